The molecule has 5 heteroatoms. The maximum absolute atomic E-state index is 11.6. The third kappa shape index (κ3) is 3.12. The van der Waals surface area contributed by atoms with Crippen molar-refractivity contribution in [3.05, 3.63) is 29.3 Å². The van der Waals surface area contributed by atoms with Gasteiger partial charge in [0.15, 0.2) is 0 Å². The summed E-state index contributed by atoms with van der Waals surface area (Å²) in [5, 5.41) is 9.44. The molecule has 1 aromatic rings. The topological polar surface area (TPSA) is 53.2 Å². The first-order valence-corrected chi connectivity index (χ1v) is 5.65. The zero-order valence-corrected chi connectivity index (χ0v) is 9.55. The Hall–Kier alpha value is -1.26. The van der Waals surface area contributed by atoms with Gasteiger partial charge in [-0.15, -0.1) is 0 Å². The van der Waals surface area contributed by atoms with Gasteiger partial charge >= 0.3 is 6.03 Å². The Labute approximate surface area is 99.4 Å². The standard InChI is InChI=1S/C11H14ClN3O/c12-8-2-1-3-9(6-8)14-11(16)15-10-4-5-13-7-10/h1-3,6,10,13H,4-5,7H2,(H2,14,15,16). The van der Waals surface area contributed by atoms with E-state index in [1.165, 1.54) is 0 Å². The number of hydrogen-bond donors (Lipinski definition) is 3. The summed E-state index contributed by atoms with van der Waals surface area (Å²) >= 11 is 5.82. The van der Waals surface area contributed by atoms with Crippen LogP contribution in [0.15, 0.2) is 24.3 Å². The number of carbonyl (C=O) groups is 1. The SMILES string of the molecule is O=C(Nc1cccc(Cl)c1)NC1CCNC1. The lowest BCUT2D eigenvalue weighted by Crippen LogP contribution is -2.39. The van der Waals surface area contributed by atoms with Gasteiger partial charge in [0.05, 0.1) is 0 Å². The number of nitrogens with one attached hydrogen (secondary N) is 3. The van der Waals surface area contributed by atoms with E-state index in [0.717, 1.165) is 19.5 Å². The second kappa shape index (κ2) is 5.18. The number of carbonyl (C=O) groups excluding carboxylic acids is 1. The van der Waals surface area contributed by atoms with Crippen LogP contribution in [0.1, 0.15) is 6.42 Å². The quantitative estimate of drug-likeness (QED) is 0.738. The fraction of sp³-hybridized carbons (Fsp3) is 0.364. The minimum Gasteiger partial charge on any atom is -0.334 e. The van der Waals surface area contributed by atoms with E-state index >= 15 is 0 Å². The molecule has 0 saturated carbocycles. The zero-order chi connectivity index (χ0) is 11.4. The highest BCUT2D eigenvalue weighted by Crippen LogP contribution is 2.14. The zero-order valence-electron chi connectivity index (χ0n) is 8.79. The van der Waals surface area contributed by atoms with Crippen LogP contribution < -0.4 is 16.0 Å². The summed E-state index contributed by atoms with van der Waals surface area (Å²) in [6.45, 7) is 1.80. The predicted molar refractivity (Wildman–Crippen MR) is 64.9 cm³/mol. The highest BCUT2D eigenvalue weighted by atomic mass is 35.5. The Morgan fingerprint density at radius 2 is 2.38 bits per heavy atom. The Bertz CT molecular complexity index is 377. The molecule has 1 aromatic carbocycles. The van der Waals surface area contributed by atoms with Crippen molar-refractivity contribution < 1.29 is 4.79 Å². The number of benzene rings is 1. The van der Waals surface area contributed by atoms with Crippen molar-refractivity contribution in [2.45, 2.75) is 12.5 Å². The van der Waals surface area contributed by atoms with Gasteiger partial charge < -0.3 is 16.0 Å². The van der Waals surface area contributed by atoms with Gasteiger partial charge in [0.2, 0.25) is 0 Å². The van der Waals surface area contributed by atoms with Crippen molar-refractivity contribution in [2.24, 2.45) is 0 Å². The van der Waals surface area contributed by atoms with Gasteiger partial charge in [0, 0.05) is 23.3 Å². The van der Waals surface area contributed by atoms with Gasteiger partial charge in [-0.3, -0.25) is 0 Å². The maximum atomic E-state index is 11.6. The minimum atomic E-state index is -0.184. The molecule has 1 atom stereocenters. The van der Waals surface area contributed by atoms with Crippen molar-refractivity contribution in [3.63, 3.8) is 0 Å². The van der Waals surface area contributed by atoms with E-state index in [4.69, 9.17) is 11.6 Å². The Kier molecular flexibility index (Phi) is 3.64. The third-order valence-corrected chi connectivity index (χ3v) is 2.71. The fourth-order valence-electron chi connectivity index (χ4n) is 1.70. The maximum Gasteiger partial charge on any atom is 0.319 e. The van der Waals surface area contributed by atoms with Crippen molar-refractivity contribution >= 4 is 23.3 Å². The first-order valence-electron chi connectivity index (χ1n) is 5.28. The molecule has 0 aliphatic carbocycles. The van der Waals surface area contributed by atoms with Gasteiger partial charge in [-0.1, -0.05) is 17.7 Å². The molecule has 2 amide bonds. The number of amides is 2. The Morgan fingerprint density at radius 1 is 1.50 bits per heavy atom. The molecular weight excluding hydrogens is 226 g/mol. The van der Waals surface area contributed by atoms with E-state index in [1.807, 2.05) is 0 Å². The Balaban J connectivity index is 1.86. The van der Waals surface area contributed by atoms with Crippen molar-refractivity contribution in [1.29, 1.82) is 0 Å². The van der Waals surface area contributed by atoms with E-state index in [1.54, 1.807) is 24.3 Å². The van der Waals surface area contributed by atoms with E-state index in [-0.39, 0.29) is 12.1 Å². The van der Waals surface area contributed by atoms with E-state index in [2.05, 4.69) is 16.0 Å². The smallest absolute Gasteiger partial charge is 0.319 e. The van der Waals surface area contributed by atoms with Crippen LogP contribution in [-0.2, 0) is 0 Å². The molecule has 0 spiro atoms. The molecule has 1 aliphatic heterocycles. The van der Waals surface area contributed by atoms with Crippen LogP contribution in [0.5, 0.6) is 0 Å². The molecule has 1 fully saturated rings. The highest BCUT2D eigenvalue weighted by Gasteiger charge is 2.16. The molecule has 2 rings (SSSR count). The van der Waals surface area contributed by atoms with Gasteiger partial charge in [-0.2, -0.15) is 0 Å². The monoisotopic (exact) mass is 239 g/mol. The van der Waals surface area contributed by atoms with Gasteiger partial charge in [0.1, 0.15) is 0 Å². The fourth-order valence-corrected chi connectivity index (χ4v) is 1.89. The van der Waals surface area contributed by atoms with Crippen molar-refractivity contribution in [1.82, 2.24) is 10.6 Å². The van der Waals surface area contributed by atoms with Crippen molar-refractivity contribution in [3.8, 4) is 0 Å². The second-order valence-electron chi connectivity index (χ2n) is 3.80. The lowest BCUT2D eigenvalue weighted by molar-refractivity contribution is 0.249. The molecular formula is C11H14ClN3O. The number of anilines is 1. The largest absolute Gasteiger partial charge is 0.334 e. The third-order valence-electron chi connectivity index (χ3n) is 2.48. The molecule has 3 N–H and O–H groups in total. The molecule has 1 aliphatic rings. The molecule has 4 nitrogen and oxygen atoms in total. The highest BCUT2D eigenvalue weighted by molar-refractivity contribution is 6.30. The predicted octanol–water partition coefficient (Wildman–Crippen LogP) is 1.82. The second-order valence-corrected chi connectivity index (χ2v) is 4.23. The van der Waals surface area contributed by atoms with Crippen LogP contribution in [0.4, 0.5) is 10.5 Å². The summed E-state index contributed by atoms with van der Waals surface area (Å²) < 4.78 is 0. The number of halogens is 1. The minimum absolute atomic E-state index is 0.184. The van der Waals surface area contributed by atoms with Crippen LogP contribution in [0.25, 0.3) is 0 Å². The van der Waals surface area contributed by atoms with E-state index < -0.39 is 0 Å². The lowest BCUT2D eigenvalue weighted by atomic mass is 10.3. The normalized spacial score (nSPS) is 19.4. The average molecular weight is 240 g/mol. The molecule has 1 heterocycles. The average Bonchev–Trinajstić information content (AvgIpc) is 2.70. The van der Waals surface area contributed by atoms with Crippen LogP contribution in [0.3, 0.4) is 0 Å². The summed E-state index contributed by atoms with van der Waals surface area (Å²) in [6.07, 6.45) is 0.975. The van der Waals surface area contributed by atoms with E-state index in [9.17, 15) is 4.79 Å². The van der Waals surface area contributed by atoms with Crippen molar-refractivity contribution in [2.75, 3.05) is 18.4 Å². The first kappa shape index (κ1) is 11.2. The number of rotatable bonds is 2. The van der Waals surface area contributed by atoms with Gasteiger partial charge in [-0.05, 0) is 31.2 Å². The van der Waals surface area contributed by atoms with Gasteiger partial charge in [0.25, 0.3) is 0 Å². The van der Waals surface area contributed by atoms with Gasteiger partial charge in [-0.25, -0.2) is 4.79 Å². The summed E-state index contributed by atoms with van der Waals surface area (Å²) in [5.41, 5.74) is 0.705. The summed E-state index contributed by atoms with van der Waals surface area (Å²) in [7, 11) is 0. The van der Waals surface area contributed by atoms with E-state index in [0.29, 0.717) is 10.7 Å². The molecule has 86 valence electrons. The molecule has 0 bridgehead atoms. The molecule has 1 unspecified atom stereocenters. The van der Waals surface area contributed by atoms with Crippen LogP contribution in [0, 0.1) is 0 Å². The number of hydrogen-bond acceptors (Lipinski definition) is 2. The van der Waals surface area contributed by atoms with Crippen LogP contribution in [-0.4, -0.2) is 25.2 Å². The molecule has 16 heavy (non-hydrogen) atoms. The molecule has 1 saturated heterocycles. The number of urea groups is 1. The summed E-state index contributed by atoms with van der Waals surface area (Å²) in [4.78, 5) is 11.6. The lowest BCUT2D eigenvalue weighted by Gasteiger charge is -2.12. The van der Waals surface area contributed by atoms with Crippen LogP contribution >= 0.6 is 11.6 Å². The molecule has 0 aromatic heterocycles. The van der Waals surface area contributed by atoms with Crippen LogP contribution in [0.2, 0.25) is 5.02 Å². The summed E-state index contributed by atoms with van der Waals surface area (Å²) in [6, 6.07) is 7.13. The first-order chi connectivity index (χ1) is 7.74. The molecule has 0 radical (unpaired) electrons. The Morgan fingerprint density at radius 3 is 3.06 bits per heavy atom. The summed E-state index contributed by atoms with van der Waals surface area (Å²) in [5.74, 6) is 0.